The average Bonchev–Trinajstić information content (AvgIpc) is 2.55. The molecule has 0 radical (unpaired) electrons. The minimum atomic E-state index is -0.470. The second-order valence-corrected chi connectivity index (χ2v) is 5.29. The van der Waals surface area contributed by atoms with Crippen molar-refractivity contribution in [3.63, 3.8) is 0 Å². The molecule has 6 heteroatoms. The van der Waals surface area contributed by atoms with Crippen LogP contribution in [0.25, 0.3) is 0 Å². The molecule has 2 aromatic rings. The number of hydrogen-bond donors (Lipinski definition) is 0. The molecule has 2 rings (SSSR count). The summed E-state index contributed by atoms with van der Waals surface area (Å²) < 4.78 is 15.1. The average molecular weight is 317 g/mol. The van der Waals surface area contributed by atoms with E-state index in [-0.39, 0.29) is 24.8 Å². The Labute approximate surface area is 134 Å². The number of carbonyl (C=O) groups is 1. The Balaban J connectivity index is 2.14. The highest BCUT2D eigenvalue weighted by atomic mass is 19.1. The zero-order chi connectivity index (χ0) is 16.7. The molecule has 0 unspecified atom stereocenters. The van der Waals surface area contributed by atoms with E-state index in [4.69, 9.17) is 0 Å². The fourth-order valence-electron chi connectivity index (χ4n) is 2.23. The van der Waals surface area contributed by atoms with Gasteiger partial charge in [-0.3, -0.25) is 9.36 Å². The minimum absolute atomic E-state index is 0.0924. The molecule has 1 amide bonds. The first kappa shape index (κ1) is 16.9. The van der Waals surface area contributed by atoms with Crippen LogP contribution in [0.1, 0.15) is 25.3 Å². The minimum Gasteiger partial charge on any atom is -0.337 e. The van der Waals surface area contributed by atoms with Gasteiger partial charge in [-0.05, 0) is 18.6 Å². The van der Waals surface area contributed by atoms with Gasteiger partial charge >= 0.3 is 5.69 Å². The van der Waals surface area contributed by atoms with Gasteiger partial charge in [-0.2, -0.15) is 0 Å². The van der Waals surface area contributed by atoms with E-state index in [1.807, 2.05) is 6.92 Å². The molecular formula is C17H20FN3O2. The van der Waals surface area contributed by atoms with Gasteiger partial charge in [-0.1, -0.05) is 31.5 Å². The number of benzene rings is 1. The van der Waals surface area contributed by atoms with Crippen LogP contribution in [0.4, 0.5) is 4.39 Å². The highest BCUT2D eigenvalue weighted by Crippen LogP contribution is 2.11. The molecule has 1 aromatic heterocycles. The lowest BCUT2D eigenvalue weighted by molar-refractivity contribution is -0.132. The van der Waals surface area contributed by atoms with Crippen LogP contribution < -0.4 is 5.69 Å². The van der Waals surface area contributed by atoms with Crippen molar-refractivity contribution < 1.29 is 9.18 Å². The van der Waals surface area contributed by atoms with E-state index in [0.717, 1.165) is 12.8 Å². The first-order chi connectivity index (χ1) is 11.1. The van der Waals surface area contributed by atoms with E-state index in [1.165, 1.54) is 23.0 Å². The first-order valence-corrected chi connectivity index (χ1v) is 7.64. The number of nitrogens with zero attached hydrogens (tertiary/aromatic N) is 3. The predicted octanol–water partition coefficient (Wildman–Crippen LogP) is 2.21. The second-order valence-electron chi connectivity index (χ2n) is 5.29. The van der Waals surface area contributed by atoms with Crippen LogP contribution in [0.2, 0.25) is 0 Å². The lowest BCUT2D eigenvalue weighted by Gasteiger charge is -2.23. The molecule has 0 aliphatic carbocycles. The summed E-state index contributed by atoms with van der Waals surface area (Å²) in [6.45, 7) is 2.65. The molecule has 122 valence electrons. The fourth-order valence-corrected chi connectivity index (χ4v) is 2.23. The van der Waals surface area contributed by atoms with Crippen LogP contribution in [0.15, 0.2) is 47.5 Å². The molecule has 0 saturated carbocycles. The summed E-state index contributed by atoms with van der Waals surface area (Å²) in [5.41, 5.74) is -0.00216. The summed E-state index contributed by atoms with van der Waals surface area (Å²) in [7, 11) is 0. The molecule has 0 N–H and O–H groups in total. The zero-order valence-corrected chi connectivity index (χ0v) is 13.1. The highest BCUT2D eigenvalue weighted by molar-refractivity contribution is 5.76. The van der Waals surface area contributed by atoms with Gasteiger partial charge in [0.15, 0.2) is 0 Å². The van der Waals surface area contributed by atoms with E-state index in [1.54, 1.807) is 29.2 Å². The van der Waals surface area contributed by atoms with Gasteiger partial charge in [-0.25, -0.2) is 14.2 Å². The van der Waals surface area contributed by atoms with Crippen molar-refractivity contribution in [2.75, 3.05) is 6.54 Å². The molecule has 0 bridgehead atoms. The summed E-state index contributed by atoms with van der Waals surface area (Å²) in [4.78, 5) is 29.3. The van der Waals surface area contributed by atoms with Gasteiger partial charge < -0.3 is 4.90 Å². The SMILES string of the molecule is CCCCN(Cc1ccccc1F)C(=O)Cn1cccnc1=O. The van der Waals surface area contributed by atoms with Crippen molar-refractivity contribution in [1.29, 1.82) is 0 Å². The molecule has 0 atom stereocenters. The standard InChI is InChI=1S/C17H20FN3O2/c1-2-3-10-20(12-14-7-4-5-8-15(14)18)16(22)13-21-11-6-9-19-17(21)23/h4-9,11H,2-3,10,12-13H2,1H3. The van der Waals surface area contributed by atoms with Crippen LogP contribution in [0, 0.1) is 5.82 Å². The van der Waals surface area contributed by atoms with E-state index in [9.17, 15) is 14.0 Å². The van der Waals surface area contributed by atoms with Crippen molar-refractivity contribution in [3.05, 3.63) is 64.6 Å². The summed E-state index contributed by atoms with van der Waals surface area (Å²) in [6, 6.07) is 8.00. The monoisotopic (exact) mass is 317 g/mol. The van der Waals surface area contributed by atoms with Gasteiger partial charge in [0.2, 0.25) is 5.91 Å². The number of amides is 1. The topological polar surface area (TPSA) is 55.2 Å². The number of carbonyl (C=O) groups excluding carboxylic acids is 1. The highest BCUT2D eigenvalue weighted by Gasteiger charge is 2.16. The summed E-state index contributed by atoms with van der Waals surface area (Å²) in [5, 5.41) is 0. The lowest BCUT2D eigenvalue weighted by Crippen LogP contribution is -2.37. The first-order valence-electron chi connectivity index (χ1n) is 7.64. The molecule has 0 spiro atoms. The maximum Gasteiger partial charge on any atom is 0.347 e. The lowest BCUT2D eigenvalue weighted by atomic mass is 10.2. The molecular weight excluding hydrogens is 297 g/mol. The number of aromatic nitrogens is 2. The second kappa shape index (κ2) is 8.22. The van der Waals surface area contributed by atoms with Gasteiger partial charge in [0.1, 0.15) is 12.4 Å². The molecule has 0 aliphatic heterocycles. The molecule has 0 aliphatic rings. The third-order valence-electron chi connectivity index (χ3n) is 3.54. The molecule has 5 nitrogen and oxygen atoms in total. The number of hydrogen-bond acceptors (Lipinski definition) is 3. The van der Waals surface area contributed by atoms with Gasteiger partial charge in [-0.15, -0.1) is 0 Å². The maximum atomic E-state index is 13.8. The van der Waals surface area contributed by atoms with Crippen LogP contribution in [0.3, 0.4) is 0 Å². The Morgan fingerprint density at radius 1 is 1.30 bits per heavy atom. The molecule has 23 heavy (non-hydrogen) atoms. The van der Waals surface area contributed by atoms with Crippen molar-refractivity contribution in [2.45, 2.75) is 32.9 Å². The molecule has 1 heterocycles. The third kappa shape index (κ3) is 4.74. The van der Waals surface area contributed by atoms with Crippen LogP contribution >= 0.6 is 0 Å². The Kier molecular flexibility index (Phi) is 6.02. The smallest absolute Gasteiger partial charge is 0.337 e. The van der Waals surface area contributed by atoms with E-state index >= 15 is 0 Å². The third-order valence-corrected chi connectivity index (χ3v) is 3.54. The molecule has 0 fully saturated rings. The van der Waals surface area contributed by atoms with Crippen molar-refractivity contribution in [3.8, 4) is 0 Å². The van der Waals surface area contributed by atoms with Gasteiger partial charge in [0, 0.05) is 31.0 Å². The van der Waals surface area contributed by atoms with Gasteiger partial charge in [0.05, 0.1) is 0 Å². The summed E-state index contributed by atoms with van der Waals surface area (Å²) in [5.74, 6) is -0.558. The quantitative estimate of drug-likeness (QED) is 0.787. The van der Waals surface area contributed by atoms with Crippen LogP contribution in [-0.4, -0.2) is 26.9 Å². The molecule has 0 saturated heterocycles. The number of unbranched alkanes of at least 4 members (excludes halogenated alkanes) is 1. The fraction of sp³-hybridized carbons (Fsp3) is 0.353. The van der Waals surface area contributed by atoms with Crippen LogP contribution in [-0.2, 0) is 17.9 Å². The Bertz CT molecular complexity index is 715. The van der Waals surface area contributed by atoms with Crippen molar-refractivity contribution in [2.24, 2.45) is 0 Å². The normalized spacial score (nSPS) is 10.5. The maximum absolute atomic E-state index is 13.8. The van der Waals surface area contributed by atoms with E-state index in [0.29, 0.717) is 12.1 Å². The van der Waals surface area contributed by atoms with E-state index < -0.39 is 5.69 Å². The van der Waals surface area contributed by atoms with Crippen molar-refractivity contribution >= 4 is 5.91 Å². The Morgan fingerprint density at radius 3 is 2.78 bits per heavy atom. The van der Waals surface area contributed by atoms with Crippen LogP contribution in [0.5, 0.6) is 0 Å². The van der Waals surface area contributed by atoms with Gasteiger partial charge in [0.25, 0.3) is 0 Å². The Morgan fingerprint density at radius 2 is 2.09 bits per heavy atom. The van der Waals surface area contributed by atoms with E-state index in [2.05, 4.69) is 4.98 Å². The molecule has 1 aromatic carbocycles. The summed E-state index contributed by atoms with van der Waals surface area (Å²) in [6.07, 6.45) is 4.65. The zero-order valence-electron chi connectivity index (χ0n) is 13.1. The Hall–Kier alpha value is -2.50. The summed E-state index contributed by atoms with van der Waals surface area (Å²) >= 11 is 0. The number of rotatable bonds is 7. The predicted molar refractivity (Wildman–Crippen MR) is 85.2 cm³/mol. The number of halogens is 1. The van der Waals surface area contributed by atoms with Crippen molar-refractivity contribution in [1.82, 2.24) is 14.5 Å². The largest absolute Gasteiger partial charge is 0.347 e.